The van der Waals surface area contributed by atoms with E-state index in [0.717, 1.165) is 17.7 Å². The topological polar surface area (TPSA) is 69.2 Å². The van der Waals surface area contributed by atoms with E-state index in [1.54, 1.807) is 6.20 Å². The molecule has 0 bridgehead atoms. The summed E-state index contributed by atoms with van der Waals surface area (Å²) in [5.41, 5.74) is 1.39. The van der Waals surface area contributed by atoms with Crippen LogP contribution in [0.3, 0.4) is 0 Å². The van der Waals surface area contributed by atoms with Crippen LogP contribution in [0.4, 0.5) is 13.2 Å². The lowest BCUT2D eigenvalue weighted by Crippen LogP contribution is -2.49. The molecular formula is C15H14F3N3O2. The molecule has 5 nitrogen and oxygen atoms in total. The van der Waals surface area contributed by atoms with Gasteiger partial charge in [0.15, 0.2) is 0 Å². The number of rotatable bonds is 4. The van der Waals surface area contributed by atoms with Gasteiger partial charge >= 0.3 is 12.1 Å². The molecule has 0 spiro atoms. The Labute approximate surface area is 129 Å². The van der Waals surface area contributed by atoms with Crippen molar-refractivity contribution in [1.82, 2.24) is 15.1 Å². The van der Waals surface area contributed by atoms with E-state index >= 15 is 0 Å². The number of halogens is 3. The molecule has 0 saturated carbocycles. The summed E-state index contributed by atoms with van der Waals surface area (Å²) in [5.74, 6) is -1.16. The molecule has 122 valence electrons. The average Bonchev–Trinajstić information content (AvgIpc) is 2.89. The molecule has 0 amide bonds. The Hall–Kier alpha value is -2.35. The number of hydrogen-bond donors (Lipinski definition) is 2. The summed E-state index contributed by atoms with van der Waals surface area (Å²) in [4.78, 5) is 12.7. The lowest BCUT2D eigenvalue weighted by Gasteiger charge is -2.36. The smallest absolute Gasteiger partial charge is 0.416 e. The fourth-order valence-electron chi connectivity index (χ4n) is 2.60. The summed E-state index contributed by atoms with van der Waals surface area (Å²) in [6.07, 6.45) is -2.75. The van der Waals surface area contributed by atoms with Crippen LogP contribution in [0.15, 0.2) is 30.5 Å². The minimum absolute atomic E-state index is 0.351. The van der Waals surface area contributed by atoms with E-state index in [2.05, 4.69) is 10.2 Å². The van der Waals surface area contributed by atoms with E-state index in [9.17, 15) is 18.0 Å². The maximum Gasteiger partial charge on any atom is 0.416 e. The molecule has 2 heterocycles. The van der Waals surface area contributed by atoms with E-state index in [0.29, 0.717) is 30.9 Å². The van der Waals surface area contributed by atoms with Gasteiger partial charge in [-0.1, -0.05) is 12.1 Å². The van der Waals surface area contributed by atoms with Gasteiger partial charge in [0.1, 0.15) is 0 Å². The molecule has 1 saturated heterocycles. The Bertz CT molecular complexity index is 704. The summed E-state index contributed by atoms with van der Waals surface area (Å²) < 4.78 is 37.8. The normalized spacial score (nSPS) is 16.3. The minimum Gasteiger partial charge on any atom is -0.481 e. The third-order valence-electron chi connectivity index (χ3n) is 3.92. The zero-order chi connectivity index (χ0) is 16.6. The van der Waals surface area contributed by atoms with Crippen molar-refractivity contribution in [3.8, 4) is 11.3 Å². The minimum atomic E-state index is -4.36. The van der Waals surface area contributed by atoms with Gasteiger partial charge in [0, 0.05) is 25.2 Å². The molecule has 1 aromatic heterocycles. The van der Waals surface area contributed by atoms with Crippen molar-refractivity contribution in [2.45, 2.75) is 12.7 Å². The van der Waals surface area contributed by atoms with E-state index < -0.39 is 17.7 Å². The number of carboxylic acid groups (broad SMARTS) is 1. The number of carboxylic acids is 1. The third kappa shape index (κ3) is 3.21. The summed E-state index contributed by atoms with van der Waals surface area (Å²) in [6, 6.07) is 4.86. The molecule has 8 heteroatoms. The molecule has 0 unspecified atom stereocenters. The second-order valence-electron chi connectivity index (χ2n) is 5.57. The van der Waals surface area contributed by atoms with Gasteiger partial charge in [0.05, 0.1) is 23.4 Å². The number of benzene rings is 1. The molecule has 23 heavy (non-hydrogen) atoms. The molecule has 1 aliphatic heterocycles. The monoisotopic (exact) mass is 325 g/mol. The number of aliphatic carboxylic acids is 1. The van der Waals surface area contributed by atoms with E-state index in [1.165, 1.54) is 12.1 Å². The highest BCUT2D eigenvalue weighted by molar-refractivity contribution is 5.71. The van der Waals surface area contributed by atoms with Gasteiger partial charge in [-0.25, -0.2) is 0 Å². The Morgan fingerprint density at radius 2 is 1.96 bits per heavy atom. The highest BCUT2D eigenvalue weighted by Gasteiger charge is 2.33. The van der Waals surface area contributed by atoms with Crippen LogP contribution in [0.25, 0.3) is 11.3 Å². The molecule has 0 radical (unpaired) electrons. The van der Waals surface area contributed by atoms with E-state index in [4.69, 9.17) is 5.11 Å². The van der Waals surface area contributed by atoms with Crippen molar-refractivity contribution in [3.05, 3.63) is 41.6 Å². The van der Waals surface area contributed by atoms with Gasteiger partial charge in [0.25, 0.3) is 0 Å². The van der Waals surface area contributed by atoms with Gasteiger partial charge in [-0.2, -0.15) is 18.3 Å². The quantitative estimate of drug-likeness (QED) is 0.907. The Balaban J connectivity index is 1.73. The number of aromatic nitrogens is 2. The standard InChI is InChI=1S/C15H14F3N3O2/c16-15(17,18)12-3-1-9(2-4-12)13-10(5-19-20-13)6-21-7-11(8-21)14(22)23/h1-5,11H,6-8H2,(H,19,20)(H,22,23). The van der Waals surface area contributed by atoms with Crippen molar-refractivity contribution in [1.29, 1.82) is 0 Å². The highest BCUT2D eigenvalue weighted by Crippen LogP contribution is 2.31. The molecule has 2 N–H and O–H groups in total. The van der Waals surface area contributed by atoms with Crippen LogP contribution in [-0.4, -0.2) is 39.3 Å². The molecular weight excluding hydrogens is 311 g/mol. The molecule has 1 fully saturated rings. The van der Waals surface area contributed by atoms with Crippen LogP contribution in [0.2, 0.25) is 0 Å². The van der Waals surface area contributed by atoms with Crippen LogP contribution >= 0.6 is 0 Å². The van der Waals surface area contributed by atoms with Gasteiger partial charge < -0.3 is 5.11 Å². The number of nitrogens with one attached hydrogen (secondary N) is 1. The summed E-state index contributed by atoms with van der Waals surface area (Å²) in [7, 11) is 0. The van der Waals surface area contributed by atoms with E-state index in [-0.39, 0.29) is 5.92 Å². The Morgan fingerprint density at radius 3 is 2.52 bits per heavy atom. The third-order valence-corrected chi connectivity index (χ3v) is 3.92. The molecule has 1 aliphatic rings. The number of carbonyl (C=O) groups is 1. The van der Waals surface area contributed by atoms with Crippen molar-refractivity contribution in [2.24, 2.45) is 5.92 Å². The van der Waals surface area contributed by atoms with Crippen molar-refractivity contribution < 1.29 is 23.1 Å². The first-order valence-electron chi connectivity index (χ1n) is 6.99. The Kier molecular flexibility index (Phi) is 3.85. The first-order valence-corrected chi connectivity index (χ1v) is 6.99. The second-order valence-corrected chi connectivity index (χ2v) is 5.57. The average molecular weight is 325 g/mol. The Morgan fingerprint density at radius 1 is 1.30 bits per heavy atom. The fraction of sp³-hybridized carbons (Fsp3) is 0.333. The van der Waals surface area contributed by atoms with Crippen LogP contribution in [0.1, 0.15) is 11.1 Å². The highest BCUT2D eigenvalue weighted by atomic mass is 19.4. The summed E-state index contributed by atoms with van der Waals surface area (Å²) >= 11 is 0. The predicted molar refractivity (Wildman–Crippen MR) is 75.4 cm³/mol. The zero-order valence-electron chi connectivity index (χ0n) is 12.0. The first kappa shape index (κ1) is 15.5. The maximum absolute atomic E-state index is 12.6. The van der Waals surface area contributed by atoms with Crippen molar-refractivity contribution >= 4 is 5.97 Å². The van der Waals surface area contributed by atoms with Gasteiger partial charge in [0.2, 0.25) is 0 Å². The lowest BCUT2D eigenvalue weighted by molar-refractivity contribution is -0.147. The molecule has 2 aromatic rings. The van der Waals surface area contributed by atoms with Gasteiger partial charge in [-0.3, -0.25) is 14.8 Å². The largest absolute Gasteiger partial charge is 0.481 e. The van der Waals surface area contributed by atoms with Crippen LogP contribution in [0, 0.1) is 5.92 Å². The molecule has 3 rings (SSSR count). The SMILES string of the molecule is O=C(O)C1CN(Cc2cn[nH]c2-c2ccc(C(F)(F)F)cc2)C1. The molecule has 0 aliphatic carbocycles. The summed E-state index contributed by atoms with van der Waals surface area (Å²) in [6.45, 7) is 1.44. The lowest BCUT2D eigenvalue weighted by atomic mass is 9.99. The number of nitrogens with zero attached hydrogens (tertiary/aromatic N) is 2. The maximum atomic E-state index is 12.6. The van der Waals surface area contributed by atoms with Gasteiger partial charge in [-0.15, -0.1) is 0 Å². The number of hydrogen-bond acceptors (Lipinski definition) is 3. The number of likely N-dealkylation sites (tertiary alicyclic amines) is 1. The summed E-state index contributed by atoms with van der Waals surface area (Å²) in [5, 5.41) is 15.6. The van der Waals surface area contributed by atoms with Crippen LogP contribution in [-0.2, 0) is 17.5 Å². The zero-order valence-corrected chi connectivity index (χ0v) is 12.0. The van der Waals surface area contributed by atoms with Gasteiger partial charge in [-0.05, 0) is 17.7 Å². The number of H-pyrrole nitrogens is 1. The van der Waals surface area contributed by atoms with Crippen molar-refractivity contribution in [2.75, 3.05) is 13.1 Å². The van der Waals surface area contributed by atoms with E-state index in [1.807, 2.05) is 4.90 Å². The molecule has 1 aromatic carbocycles. The fourth-order valence-corrected chi connectivity index (χ4v) is 2.60. The van der Waals surface area contributed by atoms with Crippen LogP contribution < -0.4 is 0 Å². The predicted octanol–water partition coefficient (Wildman–Crippen LogP) is 2.61. The number of aromatic amines is 1. The first-order chi connectivity index (χ1) is 10.8. The van der Waals surface area contributed by atoms with Crippen molar-refractivity contribution in [3.63, 3.8) is 0 Å². The second kappa shape index (κ2) is 5.69. The number of alkyl halides is 3. The van der Waals surface area contributed by atoms with Crippen LogP contribution in [0.5, 0.6) is 0 Å². The molecule has 0 atom stereocenters.